The molecule has 21 heavy (non-hydrogen) atoms. The molecule has 1 aromatic rings. The number of aromatic nitrogens is 1. The van der Waals surface area contributed by atoms with Crippen molar-refractivity contribution < 1.29 is 4.79 Å². The van der Waals surface area contributed by atoms with E-state index in [1.54, 1.807) is 12.3 Å². The van der Waals surface area contributed by atoms with Gasteiger partial charge >= 0.3 is 0 Å². The Labute approximate surface area is 139 Å². The molecule has 7 heteroatoms. The van der Waals surface area contributed by atoms with Crippen LogP contribution in [0.5, 0.6) is 0 Å². The zero-order valence-corrected chi connectivity index (χ0v) is 14.2. The summed E-state index contributed by atoms with van der Waals surface area (Å²) in [7, 11) is 0. The molecule has 118 valence electrons. The van der Waals surface area contributed by atoms with Crippen LogP contribution in [-0.4, -0.2) is 30.1 Å². The van der Waals surface area contributed by atoms with Gasteiger partial charge in [0.1, 0.15) is 6.54 Å². The smallest absolute Gasteiger partial charge is 0.251 e. The largest absolute Gasteiger partial charge is 0.355 e. The maximum Gasteiger partial charge on any atom is 0.251 e. The van der Waals surface area contributed by atoms with Crippen molar-refractivity contribution in [1.82, 2.24) is 15.2 Å². The maximum absolute atomic E-state index is 11.8. The molecule has 0 aromatic carbocycles. The van der Waals surface area contributed by atoms with Gasteiger partial charge in [-0.2, -0.15) is 0 Å². The number of nitrogens with zero attached hydrogens (tertiary/aromatic N) is 1. The first-order valence-corrected chi connectivity index (χ1v) is 7.78. The molecule has 2 heterocycles. The third-order valence-electron chi connectivity index (χ3n) is 3.54. The second kappa shape index (κ2) is 9.23. The van der Waals surface area contributed by atoms with Gasteiger partial charge in [-0.3, -0.25) is 9.59 Å². The van der Waals surface area contributed by atoms with Gasteiger partial charge in [-0.25, -0.2) is 0 Å². The van der Waals surface area contributed by atoms with E-state index in [-0.39, 0.29) is 30.4 Å². The second-order valence-corrected chi connectivity index (χ2v) is 6.08. The van der Waals surface area contributed by atoms with Crippen molar-refractivity contribution in [2.45, 2.75) is 25.8 Å². The zero-order valence-electron chi connectivity index (χ0n) is 11.8. The highest BCUT2D eigenvalue weighted by Crippen LogP contribution is 2.12. The maximum atomic E-state index is 11.8. The lowest BCUT2D eigenvalue weighted by atomic mass is 9.96. The Hall–Kier alpha value is -0.850. The molecule has 1 unspecified atom stereocenters. The van der Waals surface area contributed by atoms with Gasteiger partial charge in [-0.1, -0.05) is 0 Å². The highest BCUT2D eigenvalue weighted by molar-refractivity contribution is 9.10. The molecule has 1 amide bonds. The third kappa shape index (κ3) is 6.20. The summed E-state index contributed by atoms with van der Waals surface area (Å²) < 4.78 is 2.19. The van der Waals surface area contributed by atoms with E-state index < -0.39 is 0 Å². The normalized spacial score (nSPS) is 17.9. The van der Waals surface area contributed by atoms with Crippen LogP contribution in [0.2, 0.25) is 0 Å². The van der Waals surface area contributed by atoms with Crippen molar-refractivity contribution in [2.24, 2.45) is 5.92 Å². The summed E-state index contributed by atoms with van der Waals surface area (Å²) in [5.41, 5.74) is -0.167. The highest BCUT2D eigenvalue weighted by Gasteiger charge is 2.13. The third-order valence-corrected chi connectivity index (χ3v) is 4.00. The van der Waals surface area contributed by atoms with Gasteiger partial charge in [-0.05, 0) is 60.3 Å². The van der Waals surface area contributed by atoms with Gasteiger partial charge in [0.25, 0.3) is 5.56 Å². The first kappa shape index (κ1) is 18.2. The van der Waals surface area contributed by atoms with Crippen LogP contribution in [0.3, 0.4) is 0 Å². The molecule has 2 rings (SSSR count). The number of carbonyl (C=O) groups excluding carboxylic acids is 1. The van der Waals surface area contributed by atoms with Crippen LogP contribution in [0.1, 0.15) is 19.3 Å². The zero-order chi connectivity index (χ0) is 14.4. The summed E-state index contributed by atoms with van der Waals surface area (Å²) in [4.78, 5) is 23.4. The number of amides is 1. The van der Waals surface area contributed by atoms with Crippen molar-refractivity contribution >= 4 is 34.2 Å². The van der Waals surface area contributed by atoms with Crippen LogP contribution in [-0.2, 0) is 11.3 Å². The van der Waals surface area contributed by atoms with Gasteiger partial charge in [0, 0.05) is 23.3 Å². The Morgan fingerprint density at radius 2 is 2.29 bits per heavy atom. The van der Waals surface area contributed by atoms with Gasteiger partial charge < -0.3 is 15.2 Å². The second-order valence-electron chi connectivity index (χ2n) is 5.16. The number of hydrogen-bond acceptors (Lipinski definition) is 3. The summed E-state index contributed by atoms with van der Waals surface area (Å²) in [6.45, 7) is 2.89. The molecule has 1 aliphatic rings. The molecular weight excluding hydrogens is 358 g/mol. The van der Waals surface area contributed by atoms with E-state index in [4.69, 9.17) is 0 Å². The first-order chi connectivity index (χ1) is 9.65. The quantitative estimate of drug-likeness (QED) is 0.817. The summed E-state index contributed by atoms with van der Waals surface area (Å²) in [6.07, 6.45) is 5.07. The molecule has 5 nitrogen and oxygen atoms in total. The van der Waals surface area contributed by atoms with Crippen LogP contribution < -0.4 is 16.2 Å². The standard InChI is InChI=1S/C14H20BrN3O2.ClH/c15-12-3-4-14(20)18(9-12)10-13(19)17-7-5-11-2-1-6-16-8-11;/h3-4,9,11,16H,1-2,5-8,10H2,(H,17,19);1H. The summed E-state index contributed by atoms with van der Waals surface area (Å²) in [6, 6.07) is 3.12. The molecule has 0 radical (unpaired) electrons. The molecule has 0 spiro atoms. The van der Waals surface area contributed by atoms with E-state index in [9.17, 15) is 9.59 Å². The van der Waals surface area contributed by atoms with Crippen molar-refractivity contribution in [3.63, 3.8) is 0 Å². The van der Waals surface area contributed by atoms with E-state index >= 15 is 0 Å². The van der Waals surface area contributed by atoms with Crippen molar-refractivity contribution in [3.8, 4) is 0 Å². The molecule has 0 saturated carbocycles. The number of hydrogen-bond donors (Lipinski definition) is 2. The average molecular weight is 379 g/mol. The van der Waals surface area contributed by atoms with E-state index in [2.05, 4.69) is 26.6 Å². The minimum absolute atomic E-state index is 0. The molecule has 0 aliphatic carbocycles. The van der Waals surface area contributed by atoms with E-state index in [1.807, 2.05) is 0 Å². The molecule has 1 aliphatic heterocycles. The topological polar surface area (TPSA) is 63.1 Å². The van der Waals surface area contributed by atoms with Crippen molar-refractivity contribution in [3.05, 3.63) is 33.2 Å². The molecule has 1 fully saturated rings. The summed E-state index contributed by atoms with van der Waals surface area (Å²) in [5.74, 6) is 0.534. The predicted molar refractivity (Wildman–Crippen MR) is 88.9 cm³/mol. The number of piperidine rings is 1. The monoisotopic (exact) mass is 377 g/mol. The van der Waals surface area contributed by atoms with Gasteiger partial charge in [0.2, 0.25) is 5.91 Å². The molecule has 2 N–H and O–H groups in total. The van der Waals surface area contributed by atoms with Crippen LogP contribution in [0.4, 0.5) is 0 Å². The summed E-state index contributed by atoms with van der Waals surface area (Å²) in [5, 5.41) is 6.25. The lowest BCUT2D eigenvalue weighted by molar-refractivity contribution is -0.121. The van der Waals surface area contributed by atoms with Crippen molar-refractivity contribution in [1.29, 1.82) is 0 Å². The van der Waals surface area contributed by atoms with E-state index in [0.717, 1.165) is 24.0 Å². The molecule has 1 atom stereocenters. The van der Waals surface area contributed by atoms with Crippen LogP contribution in [0.25, 0.3) is 0 Å². The lowest BCUT2D eigenvalue weighted by Crippen LogP contribution is -2.35. The van der Waals surface area contributed by atoms with Gasteiger partial charge in [-0.15, -0.1) is 12.4 Å². The predicted octanol–water partition coefficient (Wildman–Crippen LogP) is 1.54. The van der Waals surface area contributed by atoms with E-state index in [0.29, 0.717) is 12.5 Å². The Morgan fingerprint density at radius 3 is 3.00 bits per heavy atom. The molecule has 1 saturated heterocycles. The lowest BCUT2D eigenvalue weighted by Gasteiger charge is -2.22. The minimum atomic E-state index is -0.167. The average Bonchev–Trinajstić information content (AvgIpc) is 2.44. The Balaban J connectivity index is 0.00000220. The minimum Gasteiger partial charge on any atom is -0.355 e. The highest BCUT2D eigenvalue weighted by atomic mass is 79.9. The SMILES string of the molecule is Cl.O=C(Cn1cc(Br)ccc1=O)NCCC1CCCNC1. The first-order valence-electron chi connectivity index (χ1n) is 6.98. The van der Waals surface area contributed by atoms with Gasteiger partial charge in [0.05, 0.1) is 0 Å². The fourth-order valence-corrected chi connectivity index (χ4v) is 2.80. The molecule has 0 bridgehead atoms. The fourth-order valence-electron chi connectivity index (χ4n) is 2.42. The number of carbonyl (C=O) groups is 1. The van der Waals surface area contributed by atoms with Crippen molar-refractivity contribution in [2.75, 3.05) is 19.6 Å². The van der Waals surface area contributed by atoms with Crippen LogP contribution >= 0.6 is 28.3 Å². The number of nitrogens with one attached hydrogen (secondary N) is 2. The number of rotatable bonds is 5. The van der Waals surface area contributed by atoms with Gasteiger partial charge in [0.15, 0.2) is 0 Å². The van der Waals surface area contributed by atoms with Crippen LogP contribution in [0, 0.1) is 5.92 Å². The van der Waals surface area contributed by atoms with Crippen LogP contribution in [0.15, 0.2) is 27.6 Å². The molecular formula is C14H21BrClN3O2. The number of pyridine rings is 1. The molecule has 1 aromatic heterocycles. The Morgan fingerprint density at radius 1 is 1.48 bits per heavy atom. The van der Waals surface area contributed by atoms with E-state index in [1.165, 1.54) is 23.5 Å². The Kier molecular flexibility index (Phi) is 8.00. The number of halogens is 2. The Bertz CT molecular complexity index is 515. The summed E-state index contributed by atoms with van der Waals surface area (Å²) >= 11 is 3.29. The fraction of sp³-hybridized carbons (Fsp3) is 0.571.